The summed E-state index contributed by atoms with van der Waals surface area (Å²) in [5.41, 5.74) is 2.33. The Morgan fingerprint density at radius 1 is 1.17 bits per heavy atom. The molecule has 9 heteroatoms. The molecule has 2 heterocycles. The maximum atomic E-state index is 13.0. The average molecular weight is 442 g/mol. The number of hydrogen-bond acceptors (Lipinski definition) is 3. The lowest BCUT2D eigenvalue weighted by Gasteiger charge is -2.33. The van der Waals surface area contributed by atoms with E-state index in [-0.39, 0.29) is 5.92 Å². The third kappa shape index (κ3) is 5.19. The number of rotatable bonds is 5. The van der Waals surface area contributed by atoms with Crippen molar-refractivity contribution in [1.82, 2.24) is 13.6 Å². The number of aromatic nitrogens is 1. The number of pyridine rings is 1. The van der Waals surface area contributed by atoms with Crippen LogP contribution in [0.25, 0.3) is 0 Å². The summed E-state index contributed by atoms with van der Waals surface area (Å²) in [5.74, 6) is -0.0476. The van der Waals surface area contributed by atoms with Crippen LogP contribution in [0.4, 0.5) is 13.2 Å². The molecule has 0 unspecified atom stereocenters. The molecule has 2 aromatic rings. The summed E-state index contributed by atoms with van der Waals surface area (Å²) < 4.78 is 66.7. The molecule has 1 fully saturated rings. The van der Waals surface area contributed by atoms with Gasteiger partial charge in [0.1, 0.15) is 0 Å². The van der Waals surface area contributed by atoms with E-state index in [1.54, 1.807) is 6.07 Å². The second-order valence-electron chi connectivity index (χ2n) is 7.90. The summed E-state index contributed by atoms with van der Waals surface area (Å²) in [6.45, 7) is 2.66. The van der Waals surface area contributed by atoms with Gasteiger partial charge in [-0.2, -0.15) is 30.2 Å². The number of nitrogens with zero attached hydrogens (tertiary/aromatic N) is 3. The molecule has 1 aliphatic heterocycles. The predicted octanol–water partition coefficient (Wildman–Crippen LogP) is 3.99. The highest BCUT2D eigenvalue weighted by Gasteiger charge is 2.32. The molecule has 0 bridgehead atoms. The lowest BCUT2D eigenvalue weighted by atomic mass is 9.93. The summed E-state index contributed by atoms with van der Waals surface area (Å²) in [5, 5.41) is 0. The Labute approximate surface area is 175 Å². The van der Waals surface area contributed by atoms with Crippen molar-refractivity contribution in [2.75, 3.05) is 27.2 Å². The number of halogens is 3. The van der Waals surface area contributed by atoms with Gasteiger partial charge in [0.2, 0.25) is 0 Å². The SMILES string of the molecule is Cc1cc(Cc2cccc(C(F)(F)F)c2)cc([C@@H]2CCCN(S(=O)(=O)N(C)C)C2)n1. The molecule has 1 aliphatic rings. The minimum atomic E-state index is -4.38. The monoisotopic (exact) mass is 441 g/mol. The van der Waals surface area contributed by atoms with Crippen molar-refractivity contribution in [3.05, 3.63) is 64.5 Å². The van der Waals surface area contributed by atoms with Crippen molar-refractivity contribution >= 4 is 10.2 Å². The van der Waals surface area contributed by atoms with Crippen molar-refractivity contribution in [2.24, 2.45) is 0 Å². The Morgan fingerprint density at radius 3 is 2.57 bits per heavy atom. The van der Waals surface area contributed by atoms with Crippen LogP contribution in [0.3, 0.4) is 0 Å². The van der Waals surface area contributed by atoms with Crippen LogP contribution < -0.4 is 0 Å². The minimum absolute atomic E-state index is 0.0476. The van der Waals surface area contributed by atoms with E-state index in [9.17, 15) is 21.6 Å². The molecule has 1 aromatic carbocycles. The highest BCUT2D eigenvalue weighted by molar-refractivity contribution is 7.86. The molecule has 164 valence electrons. The highest BCUT2D eigenvalue weighted by atomic mass is 32.2. The van der Waals surface area contributed by atoms with Gasteiger partial charge in [0.25, 0.3) is 10.2 Å². The van der Waals surface area contributed by atoms with Crippen LogP contribution in [-0.2, 0) is 22.8 Å². The van der Waals surface area contributed by atoms with E-state index in [0.29, 0.717) is 25.1 Å². The molecule has 1 saturated heterocycles. The van der Waals surface area contributed by atoms with Gasteiger partial charge in [0.15, 0.2) is 0 Å². The van der Waals surface area contributed by atoms with Crippen molar-refractivity contribution in [3.8, 4) is 0 Å². The van der Waals surface area contributed by atoms with E-state index < -0.39 is 21.9 Å². The lowest BCUT2D eigenvalue weighted by molar-refractivity contribution is -0.137. The fourth-order valence-electron chi connectivity index (χ4n) is 3.80. The Balaban J connectivity index is 1.84. The molecule has 3 rings (SSSR count). The van der Waals surface area contributed by atoms with Crippen LogP contribution in [0.2, 0.25) is 0 Å². The average Bonchev–Trinajstić information content (AvgIpc) is 2.67. The second kappa shape index (κ2) is 8.64. The molecule has 0 aliphatic carbocycles. The first kappa shape index (κ1) is 22.7. The van der Waals surface area contributed by atoms with Gasteiger partial charge < -0.3 is 0 Å². The number of alkyl halides is 3. The Kier molecular flexibility index (Phi) is 6.54. The second-order valence-corrected chi connectivity index (χ2v) is 10.0. The largest absolute Gasteiger partial charge is 0.416 e. The van der Waals surface area contributed by atoms with Crippen molar-refractivity contribution in [2.45, 2.75) is 38.3 Å². The van der Waals surface area contributed by atoms with Crippen molar-refractivity contribution in [3.63, 3.8) is 0 Å². The zero-order valence-electron chi connectivity index (χ0n) is 17.3. The number of hydrogen-bond donors (Lipinski definition) is 0. The van der Waals surface area contributed by atoms with Crippen LogP contribution >= 0.6 is 0 Å². The Bertz CT molecular complexity index is 1010. The molecule has 0 spiro atoms. The van der Waals surface area contributed by atoms with Crippen molar-refractivity contribution < 1.29 is 21.6 Å². The summed E-state index contributed by atoms with van der Waals surface area (Å²) in [6, 6.07) is 9.08. The molecule has 5 nitrogen and oxygen atoms in total. The topological polar surface area (TPSA) is 53.5 Å². The van der Waals surface area contributed by atoms with Gasteiger partial charge >= 0.3 is 6.18 Å². The molecular weight excluding hydrogens is 415 g/mol. The third-order valence-electron chi connectivity index (χ3n) is 5.29. The first-order valence-electron chi connectivity index (χ1n) is 9.78. The van der Waals surface area contributed by atoms with Crippen LogP contribution in [-0.4, -0.2) is 49.2 Å². The minimum Gasteiger partial charge on any atom is -0.258 e. The number of piperidine rings is 1. The Hall–Kier alpha value is -1.97. The van der Waals surface area contributed by atoms with Crippen molar-refractivity contribution in [1.29, 1.82) is 0 Å². The predicted molar refractivity (Wildman–Crippen MR) is 109 cm³/mol. The molecular formula is C21H26F3N3O2S. The first-order valence-corrected chi connectivity index (χ1v) is 11.2. The standard InChI is InChI=1S/C21H26F3N3O2S/c1-15-10-17(11-16-6-4-8-19(12-16)21(22,23)24)13-20(25-15)18-7-5-9-27(14-18)30(28,29)26(2)3/h4,6,8,10,12-13,18H,5,7,9,11,14H2,1-3H3/t18-/m1/s1. The lowest BCUT2D eigenvalue weighted by Crippen LogP contribution is -2.45. The van der Waals surface area contributed by atoms with Gasteiger partial charge in [0.05, 0.1) is 5.56 Å². The summed E-state index contributed by atoms with van der Waals surface area (Å²) >= 11 is 0. The summed E-state index contributed by atoms with van der Waals surface area (Å²) in [7, 11) is -0.474. The van der Waals surface area contributed by atoms with E-state index in [1.165, 1.54) is 34.8 Å². The molecule has 1 atom stereocenters. The number of aryl methyl sites for hydroxylation is 1. The molecule has 1 aromatic heterocycles. The maximum absolute atomic E-state index is 13.0. The van der Waals surface area contributed by atoms with E-state index >= 15 is 0 Å². The molecule has 0 saturated carbocycles. The highest BCUT2D eigenvalue weighted by Crippen LogP contribution is 2.31. The molecule has 0 radical (unpaired) electrons. The summed E-state index contributed by atoms with van der Waals surface area (Å²) in [4.78, 5) is 4.60. The molecule has 0 N–H and O–H groups in total. The smallest absolute Gasteiger partial charge is 0.258 e. The van der Waals surface area contributed by atoms with E-state index in [2.05, 4.69) is 4.98 Å². The van der Waals surface area contributed by atoms with Crippen LogP contribution in [0.5, 0.6) is 0 Å². The first-order chi connectivity index (χ1) is 14.0. The number of benzene rings is 1. The van der Waals surface area contributed by atoms with Crippen LogP contribution in [0.15, 0.2) is 36.4 Å². The van der Waals surface area contributed by atoms with E-state index in [1.807, 2.05) is 19.1 Å². The third-order valence-corrected chi connectivity index (χ3v) is 7.19. The van der Waals surface area contributed by atoms with E-state index in [0.717, 1.165) is 35.9 Å². The van der Waals surface area contributed by atoms with Crippen LogP contribution in [0.1, 0.15) is 46.8 Å². The zero-order chi connectivity index (χ0) is 22.1. The van der Waals surface area contributed by atoms with Gasteiger partial charge in [-0.3, -0.25) is 4.98 Å². The quantitative estimate of drug-likeness (QED) is 0.705. The normalized spacial score (nSPS) is 18.7. The fraction of sp³-hybridized carbons (Fsp3) is 0.476. The maximum Gasteiger partial charge on any atom is 0.416 e. The summed E-state index contributed by atoms with van der Waals surface area (Å²) in [6.07, 6.45) is -2.47. The van der Waals surface area contributed by atoms with Gasteiger partial charge in [-0.1, -0.05) is 18.2 Å². The molecule has 30 heavy (non-hydrogen) atoms. The molecule has 0 amide bonds. The van der Waals surface area contributed by atoms with Gasteiger partial charge in [-0.25, -0.2) is 0 Å². The van der Waals surface area contributed by atoms with Gasteiger partial charge in [-0.15, -0.1) is 0 Å². The zero-order valence-corrected chi connectivity index (χ0v) is 18.1. The van der Waals surface area contributed by atoms with E-state index in [4.69, 9.17) is 0 Å². The van der Waals surface area contributed by atoms with Crippen LogP contribution in [0, 0.1) is 6.92 Å². The van der Waals surface area contributed by atoms with Gasteiger partial charge in [-0.05, 0) is 55.5 Å². The fourth-order valence-corrected chi connectivity index (χ4v) is 4.99. The Morgan fingerprint density at radius 2 is 1.90 bits per heavy atom. The van der Waals surface area contributed by atoms with Gasteiger partial charge in [0, 0.05) is 44.5 Å².